The Balaban J connectivity index is 0.00000144. The van der Waals surface area contributed by atoms with Gasteiger partial charge in [0.05, 0.1) is 0 Å². The molecule has 0 aromatic rings. The fraction of sp³-hybridized carbons (Fsp3) is 0.667. The summed E-state index contributed by atoms with van der Waals surface area (Å²) in [5.74, 6) is 0.600. The molecule has 13 heavy (non-hydrogen) atoms. The van der Waals surface area contributed by atoms with Gasteiger partial charge in [-0.2, -0.15) is 0 Å². The topological polar surface area (TPSA) is 30.3 Å². The summed E-state index contributed by atoms with van der Waals surface area (Å²) in [6.07, 6.45) is 0. The Morgan fingerprint density at radius 3 is 2.08 bits per heavy atom. The first kappa shape index (κ1) is 12.8. The molecule has 0 spiro atoms. The van der Waals surface area contributed by atoms with Gasteiger partial charge in [0.1, 0.15) is 5.84 Å². The second-order valence-electron chi connectivity index (χ2n) is 3.42. The molecule has 1 saturated heterocycles. The van der Waals surface area contributed by atoms with Gasteiger partial charge in [-0.05, 0) is 19.5 Å². The van der Waals surface area contributed by atoms with E-state index in [2.05, 4.69) is 23.4 Å². The van der Waals surface area contributed by atoms with E-state index in [9.17, 15) is 0 Å². The Morgan fingerprint density at radius 1 is 1.23 bits per heavy atom. The number of likely N-dealkylation sites (N-methyl/N-ethyl adjacent to an activating group) is 1. The Morgan fingerprint density at radius 2 is 1.69 bits per heavy atom. The zero-order chi connectivity index (χ0) is 9.14. The van der Waals surface area contributed by atoms with Crippen molar-refractivity contribution in [1.29, 1.82) is 5.41 Å². The van der Waals surface area contributed by atoms with Crippen molar-refractivity contribution in [3.63, 3.8) is 0 Å². The SMILES string of the molecule is C=C(C)C(=N)N1CCN(C)CC1.[V]. The molecule has 0 saturated carbocycles. The molecule has 0 bridgehead atoms. The van der Waals surface area contributed by atoms with Crippen LogP contribution in [-0.2, 0) is 18.6 Å². The number of rotatable bonds is 1. The summed E-state index contributed by atoms with van der Waals surface area (Å²) < 4.78 is 0. The van der Waals surface area contributed by atoms with E-state index >= 15 is 0 Å². The fourth-order valence-electron chi connectivity index (χ4n) is 1.30. The number of piperazine rings is 1. The maximum atomic E-state index is 7.71. The second kappa shape index (κ2) is 5.48. The van der Waals surface area contributed by atoms with Gasteiger partial charge in [-0.15, -0.1) is 0 Å². The molecule has 0 aromatic heterocycles. The van der Waals surface area contributed by atoms with Crippen molar-refractivity contribution in [3.8, 4) is 0 Å². The molecule has 1 rings (SSSR count). The number of nitrogens with one attached hydrogen (secondary N) is 1. The van der Waals surface area contributed by atoms with Crippen molar-refractivity contribution < 1.29 is 18.6 Å². The molecular weight excluding hydrogens is 201 g/mol. The third kappa shape index (κ3) is 3.55. The van der Waals surface area contributed by atoms with Gasteiger partial charge in [0.2, 0.25) is 0 Å². The van der Waals surface area contributed by atoms with Crippen LogP contribution in [0.4, 0.5) is 0 Å². The van der Waals surface area contributed by atoms with Crippen LogP contribution in [0.5, 0.6) is 0 Å². The molecule has 4 heteroatoms. The van der Waals surface area contributed by atoms with Crippen molar-refractivity contribution in [3.05, 3.63) is 12.2 Å². The predicted molar refractivity (Wildman–Crippen MR) is 51.6 cm³/mol. The Kier molecular flexibility index (Phi) is 5.37. The molecule has 0 aliphatic carbocycles. The second-order valence-corrected chi connectivity index (χ2v) is 3.42. The minimum absolute atomic E-state index is 0. The average Bonchev–Trinajstić information content (AvgIpc) is 2.04. The summed E-state index contributed by atoms with van der Waals surface area (Å²) >= 11 is 0. The van der Waals surface area contributed by atoms with Crippen LogP contribution in [0.3, 0.4) is 0 Å². The quantitative estimate of drug-likeness (QED) is 0.521. The minimum atomic E-state index is 0. The fourth-order valence-corrected chi connectivity index (χ4v) is 1.30. The molecule has 73 valence electrons. The summed E-state index contributed by atoms with van der Waals surface area (Å²) in [6, 6.07) is 0. The van der Waals surface area contributed by atoms with Gasteiger partial charge in [-0.3, -0.25) is 5.41 Å². The van der Waals surface area contributed by atoms with Crippen molar-refractivity contribution >= 4 is 5.84 Å². The third-order valence-corrected chi connectivity index (χ3v) is 2.22. The first-order valence-corrected chi connectivity index (χ1v) is 4.29. The zero-order valence-electron chi connectivity index (χ0n) is 8.38. The number of hydrogen-bond donors (Lipinski definition) is 1. The van der Waals surface area contributed by atoms with Gasteiger partial charge < -0.3 is 9.80 Å². The van der Waals surface area contributed by atoms with Crippen LogP contribution in [0.25, 0.3) is 0 Å². The van der Waals surface area contributed by atoms with Crippen molar-refractivity contribution in [1.82, 2.24) is 9.80 Å². The Labute approximate surface area is 92.2 Å². The predicted octanol–water partition coefficient (Wildman–Crippen LogP) is 0.785. The molecule has 1 aliphatic heterocycles. The van der Waals surface area contributed by atoms with Gasteiger partial charge in [0, 0.05) is 44.7 Å². The van der Waals surface area contributed by atoms with E-state index < -0.39 is 0 Å². The molecule has 3 nitrogen and oxygen atoms in total. The van der Waals surface area contributed by atoms with E-state index in [0.717, 1.165) is 31.8 Å². The van der Waals surface area contributed by atoms with E-state index in [1.807, 2.05) is 6.92 Å². The summed E-state index contributed by atoms with van der Waals surface area (Å²) in [5.41, 5.74) is 0.861. The molecule has 0 atom stereocenters. The van der Waals surface area contributed by atoms with Gasteiger partial charge in [0.25, 0.3) is 0 Å². The van der Waals surface area contributed by atoms with E-state index in [0.29, 0.717) is 5.84 Å². The number of nitrogens with zero attached hydrogens (tertiary/aromatic N) is 2. The first-order chi connectivity index (χ1) is 5.61. The molecule has 1 aliphatic rings. The molecule has 0 unspecified atom stereocenters. The molecule has 0 amide bonds. The van der Waals surface area contributed by atoms with Crippen molar-refractivity contribution in [2.75, 3.05) is 33.2 Å². The molecule has 1 N–H and O–H groups in total. The van der Waals surface area contributed by atoms with E-state index in [4.69, 9.17) is 5.41 Å². The van der Waals surface area contributed by atoms with E-state index in [-0.39, 0.29) is 18.6 Å². The van der Waals surface area contributed by atoms with Gasteiger partial charge >= 0.3 is 0 Å². The van der Waals surface area contributed by atoms with Crippen molar-refractivity contribution in [2.45, 2.75) is 6.92 Å². The minimum Gasteiger partial charge on any atom is -0.354 e. The van der Waals surface area contributed by atoms with E-state index in [1.54, 1.807) is 0 Å². The van der Waals surface area contributed by atoms with Crippen LogP contribution >= 0.6 is 0 Å². The molecule has 1 heterocycles. The van der Waals surface area contributed by atoms with Crippen LogP contribution in [0.2, 0.25) is 0 Å². The maximum absolute atomic E-state index is 7.71. The third-order valence-electron chi connectivity index (χ3n) is 2.22. The first-order valence-electron chi connectivity index (χ1n) is 4.29. The van der Waals surface area contributed by atoms with Crippen LogP contribution in [-0.4, -0.2) is 48.9 Å². The van der Waals surface area contributed by atoms with Crippen LogP contribution in [0, 0.1) is 5.41 Å². The molecule has 0 aromatic carbocycles. The van der Waals surface area contributed by atoms with Gasteiger partial charge in [0.15, 0.2) is 0 Å². The Hall–Kier alpha value is -0.246. The van der Waals surface area contributed by atoms with Crippen LogP contribution in [0.15, 0.2) is 12.2 Å². The standard InChI is InChI=1S/C9H17N3.V/c1-8(2)9(10)12-6-4-11(3)5-7-12;/h10H,1,4-7H2,2-3H3;. The van der Waals surface area contributed by atoms with E-state index in [1.165, 1.54) is 0 Å². The summed E-state index contributed by atoms with van der Waals surface area (Å²) in [6.45, 7) is 9.68. The summed E-state index contributed by atoms with van der Waals surface area (Å²) in [4.78, 5) is 4.37. The monoisotopic (exact) mass is 218 g/mol. The van der Waals surface area contributed by atoms with Crippen LogP contribution in [0.1, 0.15) is 6.92 Å². The summed E-state index contributed by atoms with van der Waals surface area (Å²) in [7, 11) is 2.11. The van der Waals surface area contributed by atoms with Crippen molar-refractivity contribution in [2.24, 2.45) is 0 Å². The molecule has 1 fully saturated rings. The molecule has 1 radical (unpaired) electrons. The average molecular weight is 218 g/mol. The summed E-state index contributed by atoms with van der Waals surface area (Å²) in [5, 5.41) is 7.71. The molecular formula is C9H17N3V. The van der Waals surface area contributed by atoms with Gasteiger partial charge in [-0.1, -0.05) is 6.58 Å². The van der Waals surface area contributed by atoms with Crippen LogP contribution < -0.4 is 0 Å². The largest absolute Gasteiger partial charge is 0.354 e. The Bertz CT molecular complexity index is 195. The number of hydrogen-bond acceptors (Lipinski definition) is 2. The zero-order valence-corrected chi connectivity index (χ0v) is 9.77. The van der Waals surface area contributed by atoms with Gasteiger partial charge in [-0.25, -0.2) is 0 Å². The number of amidine groups is 1. The smallest absolute Gasteiger partial charge is 0.123 e. The normalized spacial score (nSPS) is 17.8. The maximum Gasteiger partial charge on any atom is 0.123 e.